The minimum absolute atomic E-state index is 0.305. The molecule has 126 valence electrons. The molecule has 0 amide bonds. The van der Waals surface area contributed by atoms with Crippen molar-refractivity contribution in [1.82, 2.24) is 14.5 Å². The van der Waals surface area contributed by atoms with Crippen LogP contribution in [0.25, 0.3) is 0 Å². The van der Waals surface area contributed by atoms with Gasteiger partial charge in [-0.1, -0.05) is 12.1 Å². The van der Waals surface area contributed by atoms with Crippen LogP contribution in [-0.4, -0.2) is 46.9 Å². The number of esters is 1. The highest BCUT2D eigenvalue weighted by molar-refractivity contribution is 5.89. The Hall–Kier alpha value is -2.47. The summed E-state index contributed by atoms with van der Waals surface area (Å²) in [5, 5.41) is 0. The Morgan fingerprint density at radius 2 is 2.08 bits per heavy atom. The molecule has 1 aromatic heterocycles. The zero-order chi connectivity index (χ0) is 16.9. The van der Waals surface area contributed by atoms with Crippen molar-refractivity contribution >= 4 is 12.3 Å². The molecule has 24 heavy (non-hydrogen) atoms. The van der Waals surface area contributed by atoms with Gasteiger partial charge in [0.15, 0.2) is 6.29 Å². The minimum atomic E-state index is -0.305. The summed E-state index contributed by atoms with van der Waals surface area (Å²) < 4.78 is 6.76. The molecule has 6 heteroatoms. The zero-order valence-corrected chi connectivity index (χ0v) is 13.8. The highest BCUT2D eigenvalue weighted by Gasteiger charge is 2.17. The number of imidazole rings is 1. The van der Waals surface area contributed by atoms with E-state index in [0.717, 1.165) is 51.1 Å². The van der Waals surface area contributed by atoms with Crippen molar-refractivity contribution in [3.63, 3.8) is 0 Å². The molecule has 0 unspecified atom stereocenters. The number of rotatable bonds is 6. The van der Waals surface area contributed by atoms with Crippen molar-refractivity contribution in [2.45, 2.75) is 25.9 Å². The smallest absolute Gasteiger partial charge is 0.337 e. The van der Waals surface area contributed by atoms with Crippen molar-refractivity contribution in [1.29, 1.82) is 0 Å². The fourth-order valence-electron chi connectivity index (χ4n) is 3.00. The van der Waals surface area contributed by atoms with Gasteiger partial charge in [-0.25, -0.2) is 9.78 Å². The molecule has 0 saturated carbocycles. The molecule has 0 aliphatic carbocycles. The normalized spacial score (nSPS) is 14.2. The van der Waals surface area contributed by atoms with Crippen molar-refractivity contribution in [3.05, 3.63) is 53.1 Å². The van der Waals surface area contributed by atoms with Crippen LogP contribution in [0.1, 0.15) is 38.7 Å². The maximum atomic E-state index is 11.4. The minimum Gasteiger partial charge on any atom is -0.465 e. The van der Waals surface area contributed by atoms with Crippen LogP contribution in [-0.2, 0) is 24.2 Å². The zero-order valence-electron chi connectivity index (χ0n) is 13.8. The van der Waals surface area contributed by atoms with E-state index >= 15 is 0 Å². The van der Waals surface area contributed by atoms with Crippen LogP contribution in [0.15, 0.2) is 30.5 Å². The molecule has 0 fully saturated rings. The molecule has 2 heterocycles. The highest BCUT2D eigenvalue weighted by Crippen LogP contribution is 2.14. The molecule has 2 aromatic rings. The number of fused-ring (bicyclic) bond motifs is 1. The van der Waals surface area contributed by atoms with Gasteiger partial charge in [-0.05, 0) is 37.1 Å². The molecule has 0 bridgehead atoms. The Kier molecular flexibility index (Phi) is 5.05. The summed E-state index contributed by atoms with van der Waals surface area (Å²) >= 11 is 0. The Balaban J connectivity index is 1.48. The Morgan fingerprint density at radius 1 is 1.29 bits per heavy atom. The summed E-state index contributed by atoms with van der Waals surface area (Å²) in [5.74, 6) is 0.658. The van der Waals surface area contributed by atoms with E-state index < -0.39 is 0 Å². The van der Waals surface area contributed by atoms with Gasteiger partial charge in [-0.15, -0.1) is 0 Å². The first-order chi connectivity index (χ1) is 11.7. The standard InChI is InChI=1S/C18H21N3O3/c1-24-18(23)15-6-4-14(5-7-15)3-2-8-20-9-10-21-11-16(13-22)19-17(21)12-20/h4-7,11,13H,2-3,8-10,12H2,1H3. The lowest BCUT2D eigenvalue weighted by Gasteiger charge is -2.27. The Morgan fingerprint density at radius 3 is 2.79 bits per heavy atom. The van der Waals surface area contributed by atoms with Crippen LogP contribution in [0, 0.1) is 0 Å². The molecular formula is C18H21N3O3. The van der Waals surface area contributed by atoms with Gasteiger partial charge in [-0.2, -0.15) is 0 Å². The maximum Gasteiger partial charge on any atom is 0.337 e. The molecule has 1 aromatic carbocycles. The third kappa shape index (κ3) is 3.71. The fraction of sp³-hybridized carbons (Fsp3) is 0.389. The number of aromatic nitrogens is 2. The van der Waals surface area contributed by atoms with Crippen LogP contribution < -0.4 is 0 Å². The Labute approximate surface area is 141 Å². The average Bonchev–Trinajstić information content (AvgIpc) is 3.04. The second-order valence-electron chi connectivity index (χ2n) is 5.96. The van der Waals surface area contributed by atoms with Crippen LogP contribution >= 0.6 is 0 Å². The predicted molar refractivity (Wildman–Crippen MR) is 89.0 cm³/mol. The topological polar surface area (TPSA) is 64.4 Å². The maximum absolute atomic E-state index is 11.4. The fourth-order valence-corrected chi connectivity index (χ4v) is 3.00. The summed E-state index contributed by atoms with van der Waals surface area (Å²) in [4.78, 5) is 28.9. The molecule has 1 aliphatic heterocycles. The van der Waals surface area contributed by atoms with E-state index in [-0.39, 0.29) is 5.97 Å². The van der Waals surface area contributed by atoms with Crippen LogP contribution in [0.2, 0.25) is 0 Å². The highest BCUT2D eigenvalue weighted by atomic mass is 16.5. The number of hydrogen-bond acceptors (Lipinski definition) is 5. The third-order valence-corrected chi connectivity index (χ3v) is 4.34. The third-order valence-electron chi connectivity index (χ3n) is 4.34. The number of nitrogens with zero attached hydrogens (tertiary/aromatic N) is 3. The van der Waals surface area contributed by atoms with E-state index in [2.05, 4.69) is 14.5 Å². The first kappa shape index (κ1) is 16.4. The number of aryl methyl sites for hydroxylation is 1. The molecule has 1 aliphatic rings. The van der Waals surface area contributed by atoms with E-state index in [9.17, 15) is 9.59 Å². The van der Waals surface area contributed by atoms with Crippen LogP contribution in [0.5, 0.6) is 0 Å². The van der Waals surface area contributed by atoms with Crippen molar-refractivity contribution in [3.8, 4) is 0 Å². The first-order valence-electron chi connectivity index (χ1n) is 8.10. The summed E-state index contributed by atoms with van der Waals surface area (Å²) in [6.45, 7) is 3.63. The quantitative estimate of drug-likeness (QED) is 0.599. The van der Waals surface area contributed by atoms with Gasteiger partial charge in [-0.3, -0.25) is 9.69 Å². The van der Waals surface area contributed by atoms with Gasteiger partial charge >= 0.3 is 5.97 Å². The van der Waals surface area contributed by atoms with Gasteiger partial charge in [0.2, 0.25) is 0 Å². The van der Waals surface area contributed by atoms with E-state index in [1.54, 1.807) is 12.1 Å². The van der Waals surface area contributed by atoms with E-state index in [1.807, 2.05) is 18.3 Å². The van der Waals surface area contributed by atoms with Gasteiger partial charge < -0.3 is 9.30 Å². The first-order valence-corrected chi connectivity index (χ1v) is 8.10. The molecule has 0 radical (unpaired) electrons. The van der Waals surface area contributed by atoms with Crippen LogP contribution in [0.3, 0.4) is 0 Å². The van der Waals surface area contributed by atoms with Crippen molar-refractivity contribution < 1.29 is 14.3 Å². The van der Waals surface area contributed by atoms with Gasteiger partial charge in [0.1, 0.15) is 11.5 Å². The second kappa shape index (κ2) is 7.40. The van der Waals surface area contributed by atoms with E-state index in [0.29, 0.717) is 11.3 Å². The van der Waals surface area contributed by atoms with E-state index in [1.165, 1.54) is 12.7 Å². The van der Waals surface area contributed by atoms with Crippen molar-refractivity contribution in [2.24, 2.45) is 0 Å². The summed E-state index contributed by atoms with van der Waals surface area (Å²) in [6.07, 6.45) is 4.63. The second-order valence-corrected chi connectivity index (χ2v) is 5.96. The lowest BCUT2D eigenvalue weighted by Crippen LogP contribution is -2.34. The summed E-state index contributed by atoms with van der Waals surface area (Å²) in [5.41, 5.74) is 2.30. The molecule has 0 atom stereocenters. The van der Waals surface area contributed by atoms with Crippen LogP contribution in [0.4, 0.5) is 0 Å². The lowest BCUT2D eigenvalue weighted by molar-refractivity contribution is 0.0600. The van der Waals surface area contributed by atoms with E-state index in [4.69, 9.17) is 4.74 Å². The van der Waals surface area contributed by atoms with Gasteiger partial charge in [0, 0.05) is 19.3 Å². The summed E-state index contributed by atoms with van der Waals surface area (Å²) in [6, 6.07) is 7.57. The number of ether oxygens (including phenoxy) is 1. The number of aldehydes is 1. The molecule has 0 saturated heterocycles. The lowest BCUT2D eigenvalue weighted by atomic mass is 10.1. The number of carbonyl (C=O) groups excluding carboxylic acids is 2. The molecule has 0 spiro atoms. The monoisotopic (exact) mass is 327 g/mol. The van der Waals surface area contributed by atoms with Gasteiger partial charge in [0.25, 0.3) is 0 Å². The SMILES string of the molecule is COC(=O)c1ccc(CCCN2CCn3cc(C=O)nc3C2)cc1. The number of carbonyl (C=O) groups is 2. The molecule has 6 nitrogen and oxygen atoms in total. The molecule has 3 rings (SSSR count). The van der Waals surface area contributed by atoms with Gasteiger partial charge in [0.05, 0.1) is 19.2 Å². The van der Waals surface area contributed by atoms with Crippen molar-refractivity contribution in [2.75, 3.05) is 20.2 Å². The number of methoxy groups -OCH3 is 1. The molecular weight excluding hydrogens is 306 g/mol. The Bertz CT molecular complexity index is 722. The number of benzene rings is 1. The number of hydrogen-bond donors (Lipinski definition) is 0. The average molecular weight is 327 g/mol. The largest absolute Gasteiger partial charge is 0.465 e. The predicted octanol–water partition coefficient (Wildman–Crippen LogP) is 1.93. The molecule has 0 N–H and O–H groups in total. The summed E-state index contributed by atoms with van der Waals surface area (Å²) in [7, 11) is 1.39.